The zero-order valence-corrected chi connectivity index (χ0v) is 10.3. The van der Waals surface area contributed by atoms with Gasteiger partial charge in [0.15, 0.2) is 0 Å². The average molecular weight is 309 g/mol. The van der Waals surface area contributed by atoms with Gasteiger partial charge in [0.2, 0.25) is 11.7 Å². The minimum absolute atomic E-state index is 0.0831. The fourth-order valence-electron chi connectivity index (χ4n) is 0.948. The molecule has 0 fully saturated rings. The number of nitro groups is 1. The maximum Gasteiger partial charge on any atom is 0.311 e. The summed E-state index contributed by atoms with van der Waals surface area (Å²) in [5.41, 5.74) is -0.285. The van der Waals surface area contributed by atoms with Crippen LogP contribution >= 0.6 is 27.5 Å². The molecule has 0 atom stereocenters. The van der Waals surface area contributed by atoms with Gasteiger partial charge in [-0.05, 0) is 6.07 Å². The summed E-state index contributed by atoms with van der Waals surface area (Å²) in [5.74, 6) is -0.502. The fraction of sp³-hybridized carbons (Fsp3) is 0.250. The Labute approximate surface area is 104 Å². The summed E-state index contributed by atoms with van der Waals surface area (Å²) in [6, 6.07) is 2.49. The van der Waals surface area contributed by atoms with Gasteiger partial charge in [-0.25, -0.2) is 4.98 Å². The Morgan fingerprint density at radius 2 is 2.31 bits per heavy atom. The second kappa shape index (κ2) is 5.76. The van der Waals surface area contributed by atoms with Crippen molar-refractivity contribution in [2.45, 2.75) is 6.42 Å². The number of anilines is 1. The second-order valence-corrected chi connectivity index (χ2v) is 3.93. The SMILES string of the molecule is O=C(CCBr)Nc1nc(Cl)ccc1[N+](=O)[O-]. The Morgan fingerprint density at radius 3 is 2.88 bits per heavy atom. The van der Waals surface area contributed by atoms with Crippen LogP contribution in [0.5, 0.6) is 0 Å². The first-order valence-corrected chi connectivity index (χ1v) is 5.71. The minimum Gasteiger partial charge on any atom is -0.305 e. The molecule has 0 aromatic carbocycles. The Morgan fingerprint density at radius 1 is 1.62 bits per heavy atom. The first-order chi connectivity index (χ1) is 7.54. The van der Waals surface area contributed by atoms with Gasteiger partial charge in [0.1, 0.15) is 5.15 Å². The molecule has 1 heterocycles. The Balaban J connectivity index is 2.96. The van der Waals surface area contributed by atoms with Crippen LogP contribution in [0, 0.1) is 10.1 Å². The third kappa shape index (κ3) is 3.42. The molecule has 0 saturated heterocycles. The van der Waals surface area contributed by atoms with Crippen molar-refractivity contribution in [3.63, 3.8) is 0 Å². The lowest BCUT2D eigenvalue weighted by Crippen LogP contribution is -2.14. The Kier molecular flexibility index (Phi) is 4.63. The third-order valence-corrected chi connectivity index (χ3v) is 2.22. The van der Waals surface area contributed by atoms with E-state index in [1.807, 2.05) is 0 Å². The second-order valence-electron chi connectivity index (χ2n) is 2.75. The van der Waals surface area contributed by atoms with E-state index >= 15 is 0 Å². The zero-order valence-electron chi connectivity index (χ0n) is 7.94. The van der Waals surface area contributed by atoms with Gasteiger partial charge >= 0.3 is 5.69 Å². The summed E-state index contributed by atoms with van der Waals surface area (Å²) in [4.78, 5) is 24.9. The molecule has 0 aliphatic carbocycles. The highest BCUT2D eigenvalue weighted by Gasteiger charge is 2.17. The van der Waals surface area contributed by atoms with E-state index < -0.39 is 4.92 Å². The van der Waals surface area contributed by atoms with Crippen molar-refractivity contribution >= 4 is 44.9 Å². The van der Waals surface area contributed by atoms with Crippen LogP contribution in [0.15, 0.2) is 12.1 Å². The number of aromatic nitrogens is 1. The van der Waals surface area contributed by atoms with E-state index in [4.69, 9.17) is 11.6 Å². The Bertz CT molecular complexity index is 427. The molecule has 0 spiro atoms. The number of nitrogens with zero attached hydrogens (tertiary/aromatic N) is 2. The zero-order chi connectivity index (χ0) is 12.1. The molecule has 0 unspecified atom stereocenters. The first kappa shape index (κ1) is 12.9. The van der Waals surface area contributed by atoms with E-state index in [2.05, 4.69) is 26.2 Å². The summed E-state index contributed by atoms with van der Waals surface area (Å²) < 4.78 is 0. The molecular formula is C8H7BrClN3O3. The lowest BCUT2D eigenvalue weighted by Gasteiger charge is -2.03. The van der Waals surface area contributed by atoms with Crippen LogP contribution in [0.25, 0.3) is 0 Å². The van der Waals surface area contributed by atoms with Gasteiger partial charge in [-0.3, -0.25) is 14.9 Å². The predicted molar refractivity (Wildman–Crippen MR) is 62.9 cm³/mol. The van der Waals surface area contributed by atoms with Gasteiger partial charge in [-0.15, -0.1) is 0 Å². The number of amides is 1. The summed E-state index contributed by atoms with van der Waals surface area (Å²) in [6.45, 7) is 0. The van der Waals surface area contributed by atoms with Crippen LogP contribution in [0.3, 0.4) is 0 Å². The van der Waals surface area contributed by atoms with Crippen molar-refractivity contribution in [2.75, 3.05) is 10.6 Å². The van der Waals surface area contributed by atoms with Crippen molar-refractivity contribution in [3.05, 3.63) is 27.4 Å². The van der Waals surface area contributed by atoms with Crippen LogP contribution in [-0.4, -0.2) is 21.1 Å². The van der Waals surface area contributed by atoms with Crippen molar-refractivity contribution in [2.24, 2.45) is 0 Å². The predicted octanol–water partition coefficient (Wildman–Crippen LogP) is 2.37. The van der Waals surface area contributed by atoms with Gasteiger partial charge in [0, 0.05) is 17.8 Å². The molecule has 1 amide bonds. The third-order valence-electron chi connectivity index (χ3n) is 1.62. The molecule has 16 heavy (non-hydrogen) atoms. The number of hydrogen-bond donors (Lipinski definition) is 1. The number of carbonyl (C=O) groups excluding carboxylic acids is 1. The molecular weight excluding hydrogens is 301 g/mol. The van der Waals surface area contributed by atoms with Crippen molar-refractivity contribution in [1.29, 1.82) is 0 Å². The van der Waals surface area contributed by atoms with Crippen molar-refractivity contribution < 1.29 is 9.72 Å². The quantitative estimate of drug-likeness (QED) is 0.400. The smallest absolute Gasteiger partial charge is 0.305 e. The molecule has 8 heteroatoms. The van der Waals surface area contributed by atoms with Crippen LogP contribution in [0.4, 0.5) is 11.5 Å². The maximum atomic E-state index is 11.3. The van der Waals surface area contributed by atoms with Crippen LogP contribution < -0.4 is 5.32 Å². The summed E-state index contributed by atoms with van der Waals surface area (Å²) in [6.07, 6.45) is 0.200. The molecule has 1 aromatic heterocycles. The van der Waals surface area contributed by atoms with Crippen LogP contribution in [0.1, 0.15) is 6.42 Å². The number of rotatable bonds is 4. The van der Waals surface area contributed by atoms with Gasteiger partial charge in [0.05, 0.1) is 4.92 Å². The number of carbonyl (C=O) groups is 1. The molecule has 0 bridgehead atoms. The van der Waals surface area contributed by atoms with E-state index in [-0.39, 0.29) is 29.0 Å². The highest BCUT2D eigenvalue weighted by molar-refractivity contribution is 9.09. The first-order valence-electron chi connectivity index (χ1n) is 4.21. The van der Waals surface area contributed by atoms with E-state index in [1.165, 1.54) is 12.1 Å². The standard InChI is InChI=1S/C8H7BrClN3O3/c9-4-3-7(14)12-8-5(13(15)16)1-2-6(10)11-8/h1-2H,3-4H2,(H,11,12,14). The minimum atomic E-state index is -0.632. The molecule has 1 aromatic rings. The van der Waals surface area contributed by atoms with Crippen LogP contribution in [0.2, 0.25) is 5.15 Å². The molecule has 1 N–H and O–H groups in total. The Hall–Kier alpha value is -1.21. The number of pyridine rings is 1. The van der Waals surface area contributed by atoms with Crippen LogP contribution in [-0.2, 0) is 4.79 Å². The lowest BCUT2D eigenvalue weighted by molar-refractivity contribution is -0.384. The molecule has 0 saturated carbocycles. The molecule has 0 aliphatic heterocycles. The largest absolute Gasteiger partial charge is 0.311 e. The summed E-state index contributed by atoms with van der Waals surface area (Å²) >= 11 is 8.67. The number of nitrogens with one attached hydrogen (secondary N) is 1. The van der Waals surface area contributed by atoms with Crippen molar-refractivity contribution in [3.8, 4) is 0 Å². The van der Waals surface area contributed by atoms with Gasteiger partial charge in [-0.2, -0.15) is 0 Å². The number of halogens is 2. The van der Waals surface area contributed by atoms with Gasteiger partial charge in [-0.1, -0.05) is 27.5 Å². The normalized spacial score (nSPS) is 9.88. The average Bonchev–Trinajstić information content (AvgIpc) is 2.17. The van der Waals surface area contributed by atoms with E-state index in [1.54, 1.807) is 0 Å². The maximum absolute atomic E-state index is 11.3. The number of hydrogen-bond acceptors (Lipinski definition) is 4. The molecule has 6 nitrogen and oxygen atoms in total. The highest BCUT2D eigenvalue weighted by Crippen LogP contribution is 2.23. The molecule has 86 valence electrons. The summed E-state index contributed by atoms with van der Waals surface area (Å²) in [5, 5.41) is 13.5. The van der Waals surface area contributed by atoms with E-state index in [0.29, 0.717) is 5.33 Å². The lowest BCUT2D eigenvalue weighted by atomic mass is 10.3. The van der Waals surface area contributed by atoms with E-state index in [9.17, 15) is 14.9 Å². The number of alkyl halides is 1. The van der Waals surface area contributed by atoms with Gasteiger partial charge < -0.3 is 5.32 Å². The fourth-order valence-corrected chi connectivity index (χ4v) is 1.46. The molecule has 0 aliphatic rings. The topological polar surface area (TPSA) is 85.1 Å². The molecule has 0 radical (unpaired) electrons. The molecule has 1 rings (SSSR count). The van der Waals surface area contributed by atoms with Crippen molar-refractivity contribution in [1.82, 2.24) is 4.98 Å². The summed E-state index contributed by atoms with van der Waals surface area (Å²) in [7, 11) is 0. The van der Waals surface area contributed by atoms with E-state index in [0.717, 1.165) is 0 Å². The van der Waals surface area contributed by atoms with Gasteiger partial charge in [0.25, 0.3) is 0 Å². The highest BCUT2D eigenvalue weighted by atomic mass is 79.9. The monoisotopic (exact) mass is 307 g/mol.